The van der Waals surface area contributed by atoms with Crippen molar-refractivity contribution in [2.75, 3.05) is 25.0 Å². The maximum absolute atomic E-state index is 11.9. The lowest BCUT2D eigenvalue weighted by molar-refractivity contribution is -0.120. The number of carbonyl (C=O) groups is 2. The van der Waals surface area contributed by atoms with Crippen LogP contribution in [0.3, 0.4) is 0 Å². The summed E-state index contributed by atoms with van der Waals surface area (Å²) in [5.74, 6) is 0.0243. The Bertz CT molecular complexity index is 434. The minimum absolute atomic E-state index is 0.0285. The van der Waals surface area contributed by atoms with Crippen molar-refractivity contribution >= 4 is 17.6 Å². The molecule has 3 N–H and O–H groups in total. The van der Waals surface area contributed by atoms with Gasteiger partial charge < -0.3 is 16.0 Å². The summed E-state index contributed by atoms with van der Waals surface area (Å²) in [6.45, 7) is 5.16. The van der Waals surface area contributed by atoms with Gasteiger partial charge in [-0.15, -0.1) is 0 Å². The van der Waals surface area contributed by atoms with Gasteiger partial charge in [-0.3, -0.25) is 9.59 Å². The third-order valence-corrected chi connectivity index (χ3v) is 2.38. The summed E-state index contributed by atoms with van der Waals surface area (Å²) in [5, 5.41) is 8.28. The number of nitrogens with one attached hydrogen (secondary N) is 3. The largest absolute Gasteiger partial charge is 0.370 e. The molecule has 0 radical (unpaired) electrons. The Morgan fingerprint density at radius 3 is 2.74 bits per heavy atom. The van der Waals surface area contributed by atoms with Crippen molar-refractivity contribution in [2.24, 2.45) is 0 Å². The van der Waals surface area contributed by atoms with E-state index in [1.54, 1.807) is 18.3 Å². The Morgan fingerprint density at radius 1 is 1.26 bits per heavy atom. The monoisotopic (exact) mass is 264 g/mol. The summed E-state index contributed by atoms with van der Waals surface area (Å²) in [4.78, 5) is 27.4. The van der Waals surface area contributed by atoms with Gasteiger partial charge >= 0.3 is 0 Å². The molecule has 104 valence electrons. The molecule has 0 fully saturated rings. The lowest BCUT2D eigenvalue weighted by Gasteiger charge is -2.09. The Balaban J connectivity index is 2.56. The fourth-order valence-electron chi connectivity index (χ4n) is 1.48. The van der Waals surface area contributed by atoms with Crippen molar-refractivity contribution in [2.45, 2.75) is 20.3 Å². The van der Waals surface area contributed by atoms with Gasteiger partial charge in [0.2, 0.25) is 5.91 Å². The van der Waals surface area contributed by atoms with E-state index in [2.05, 4.69) is 20.9 Å². The summed E-state index contributed by atoms with van der Waals surface area (Å²) >= 11 is 0. The molecule has 1 heterocycles. The van der Waals surface area contributed by atoms with Crippen molar-refractivity contribution in [1.29, 1.82) is 0 Å². The maximum Gasteiger partial charge on any atom is 0.255 e. The van der Waals surface area contributed by atoms with Crippen LogP contribution in [-0.2, 0) is 4.79 Å². The van der Waals surface area contributed by atoms with Crippen LogP contribution in [-0.4, -0.2) is 36.4 Å². The number of rotatable bonds is 7. The molecular weight excluding hydrogens is 244 g/mol. The van der Waals surface area contributed by atoms with Crippen molar-refractivity contribution in [3.63, 3.8) is 0 Å². The third-order valence-electron chi connectivity index (χ3n) is 2.38. The van der Waals surface area contributed by atoms with Gasteiger partial charge in [-0.05, 0) is 25.5 Å². The molecule has 0 aliphatic heterocycles. The lowest BCUT2D eigenvalue weighted by atomic mass is 10.2. The topological polar surface area (TPSA) is 83.1 Å². The molecule has 1 aromatic rings. The molecule has 1 rings (SSSR count). The van der Waals surface area contributed by atoms with Crippen molar-refractivity contribution in [3.05, 3.63) is 23.9 Å². The molecule has 6 heteroatoms. The van der Waals surface area contributed by atoms with Crippen LogP contribution in [0.25, 0.3) is 0 Å². The molecule has 6 nitrogen and oxygen atoms in total. The van der Waals surface area contributed by atoms with Crippen LogP contribution in [0.5, 0.6) is 0 Å². The number of hydrogen-bond donors (Lipinski definition) is 3. The van der Waals surface area contributed by atoms with Crippen LogP contribution in [0.15, 0.2) is 18.3 Å². The minimum Gasteiger partial charge on any atom is -0.370 e. The van der Waals surface area contributed by atoms with Gasteiger partial charge in [-0.1, -0.05) is 6.92 Å². The van der Waals surface area contributed by atoms with Gasteiger partial charge in [0, 0.05) is 19.3 Å². The highest BCUT2D eigenvalue weighted by molar-refractivity contribution is 6.00. The highest BCUT2D eigenvalue weighted by Gasteiger charge is 2.12. The highest BCUT2D eigenvalue weighted by Crippen LogP contribution is 2.10. The van der Waals surface area contributed by atoms with Crippen LogP contribution in [0.1, 0.15) is 30.6 Å². The molecule has 0 aliphatic carbocycles. The Hall–Kier alpha value is -2.11. The molecular formula is C13H20N4O2. The van der Waals surface area contributed by atoms with Crippen molar-refractivity contribution < 1.29 is 9.59 Å². The number of anilines is 1. The van der Waals surface area contributed by atoms with E-state index < -0.39 is 0 Å². The first kappa shape index (κ1) is 14.9. The first-order valence-electron chi connectivity index (χ1n) is 6.42. The molecule has 0 saturated heterocycles. The van der Waals surface area contributed by atoms with Crippen LogP contribution < -0.4 is 16.0 Å². The highest BCUT2D eigenvalue weighted by atomic mass is 16.2. The Labute approximate surface area is 113 Å². The van der Waals surface area contributed by atoms with Crippen LogP contribution in [0, 0.1) is 0 Å². The molecule has 0 atom stereocenters. The van der Waals surface area contributed by atoms with E-state index in [-0.39, 0.29) is 18.4 Å². The van der Waals surface area contributed by atoms with Crippen LogP contribution >= 0.6 is 0 Å². The number of amides is 2. The van der Waals surface area contributed by atoms with Gasteiger partial charge in [0.05, 0.1) is 12.1 Å². The number of nitrogens with zero attached hydrogens (tertiary/aromatic N) is 1. The second kappa shape index (κ2) is 8.07. The van der Waals surface area contributed by atoms with E-state index in [9.17, 15) is 9.59 Å². The summed E-state index contributed by atoms with van der Waals surface area (Å²) in [7, 11) is 0. The van der Waals surface area contributed by atoms with Crippen molar-refractivity contribution in [1.82, 2.24) is 15.6 Å². The molecule has 19 heavy (non-hydrogen) atoms. The van der Waals surface area contributed by atoms with Crippen LogP contribution in [0.2, 0.25) is 0 Å². The summed E-state index contributed by atoms with van der Waals surface area (Å²) < 4.78 is 0. The first-order valence-corrected chi connectivity index (χ1v) is 6.42. The molecule has 1 aromatic heterocycles. The van der Waals surface area contributed by atoms with E-state index in [4.69, 9.17) is 0 Å². The van der Waals surface area contributed by atoms with Gasteiger partial charge in [-0.25, -0.2) is 4.98 Å². The van der Waals surface area contributed by atoms with E-state index in [1.807, 2.05) is 13.8 Å². The lowest BCUT2D eigenvalue weighted by Crippen LogP contribution is -2.37. The Morgan fingerprint density at radius 2 is 2.05 bits per heavy atom. The maximum atomic E-state index is 11.9. The third kappa shape index (κ3) is 4.95. The Kier molecular flexibility index (Phi) is 6.35. The molecule has 0 aromatic carbocycles. The molecule has 0 unspecified atom stereocenters. The average molecular weight is 264 g/mol. The molecule has 0 saturated carbocycles. The van der Waals surface area contributed by atoms with Gasteiger partial charge in [0.25, 0.3) is 5.91 Å². The molecule has 0 aliphatic rings. The van der Waals surface area contributed by atoms with E-state index in [1.165, 1.54) is 0 Å². The van der Waals surface area contributed by atoms with E-state index in [0.29, 0.717) is 24.5 Å². The van der Waals surface area contributed by atoms with E-state index in [0.717, 1.165) is 6.42 Å². The molecule has 2 amide bonds. The zero-order valence-electron chi connectivity index (χ0n) is 11.3. The van der Waals surface area contributed by atoms with Crippen molar-refractivity contribution in [3.8, 4) is 0 Å². The number of carbonyl (C=O) groups excluding carboxylic acids is 2. The summed E-state index contributed by atoms with van der Waals surface area (Å²) in [5.41, 5.74) is 0.438. The zero-order valence-corrected chi connectivity index (χ0v) is 11.3. The molecule has 0 bridgehead atoms. The first-order chi connectivity index (χ1) is 9.19. The minimum atomic E-state index is -0.310. The second-order valence-corrected chi connectivity index (χ2v) is 3.96. The fraction of sp³-hybridized carbons (Fsp3) is 0.462. The quantitative estimate of drug-likeness (QED) is 0.679. The normalized spacial score (nSPS) is 9.79. The second-order valence-electron chi connectivity index (χ2n) is 3.96. The number of hydrogen-bond acceptors (Lipinski definition) is 4. The zero-order chi connectivity index (χ0) is 14.1. The van der Waals surface area contributed by atoms with Gasteiger partial charge in [0.15, 0.2) is 0 Å². The average Bonchev–Trinajstić information content (AvgIpc) is 2.43. The summed E-state index contributed by atoms with van der Waals surface area (Å²) in [6, 6.07) is 3.36. The smallest absolute Gasteiger partial charge is 0.255 e. The number of aromatic nitrogens is 1. The fourth-order valence-corrected chi connectivity index (χ4v) is 1.48. The van der Waals surface area contributed by atoms with E-state index >= 15 is 0 Å². The standard InChI is InChI=1S/C13H20N4O2/c1-3-7-15-11(18)9-17-13(19)10-6-5-8-16-12(10)14-4-2/h5-6,8H,3-4,7,9H2,1-2H3,(H,14,16)(H,15,18)(H,17,19). The van der Waals surface area contributed by atoms with Gasteiger partial charge in [0.1, 0.15) is 5.82 Å². The number of pyridine rings is 1. The molecule has 0 spiro atoms. The predicted octanol–water partition coefficient (Wildman–Crippen LogP) is 0.769. The predicted molar refractivity (Wildman–Crippen MR) is 74.0 cm³/mol. The SMILES string of the molecule is CCCNC(=O)CNC(=O)c1cccnc1NCC. The summed E-state index contributed by atoms with van der Waals surface area (Å²) in [6.07, 6.45) is 2.48. The van der Waals surface area contributed by atoms with Crippen LogP contribution in [0.4, 0.5) is 5.82 Å². The van der Waals surface area contributed by atoms with Gasteiger partial charge in [-0.2, -0.15) is 0 Å².